The molecule has 14 heavy (non-hydrogen) atoms. The van der Waals surface area contributed by atoms with E-state index in [0.717, 1.165) is 0 Å². The Morgan fingerprint density at radius 3 is 1.36 bits per heavy atom. The lowest BCUT2D eigenvalue weighted by atomic mass is 9.68. The molecular formula is C12H18O2. The molecule has 4 unspecified atom stereocenters. The first-order valence-electron chi connectivity index (χ1n) is 5.14. The highest BCUT2D eigenvalue weighted by molar-refractivity contribution is 5.88. The zero-order valence-corrected chi connectivity index (χ0v) is 9.28. The number of carbonyl (C=O) groups excluding carboxylic acids is 2. The van der Waals surface area contributed by atoms with E-state index in [1.54, 1.807) is 13.8 Å². The summed E-state index contributed by atoms with van der Waals surface area (Å²) in [5, 5.41) is 0. The first-order valence-corrected chi connectivity index (χ1v) is 5.14. The molecule has 0 aromatic rings. The second kappa shape index (κ2) is 4.07. The molecule has 4 atom stereocenters. The third kappa shape index (κ3) is 1.94. The van der Waals surface area contributed by atoms with Gasteiger partial charge in [0.2, 0.25) is 0 Å². The number of ketones is 2. The largest absolute Gasteiger partial charge is 0.300 e. The van der Waals surface area contributed by atoms with Gasteiger partial charge in [-0.25, -0.2) is 0 Å². The summed E-state index contributed by atoms with van der Waals surface area (Å²) in [5.41, 5.74) is 0. The topological polar surface area (TPSA) is 34.1 Å². The highest BCUT2D eigenvalue weighted by Gasteiger charge is 2.37. The fourth-order valence-corrected chi connectivity index (χ4v) is 2.49. The Morgan fingerprint density at radius 1 is 0.857 bits per heavy atom. The minimum absolute atomic E-state index is 0.118. The molecule has 0 bridgehead atoms. The van der Waals surface area contributed by atoms with E-state index in [1.165, 1.54) is 0 Å². The summed E-state index contributed by atoms with van der Waals surface area (Å²) in [6.07, 6.45) is 4.10. The van der Waals surface area contributed by atoms with Gasteiger partial charge in [0, 0.05) is 11.8 Å². The van der Waals surface area contributed by atoms with Crippen LogP contribution in [0.3, 0.4) is 0 Å². The van der Waals surface area contributed by atoms with Gasteiger partial charge in [-0.15, -0.1) is 0 Å². The molecule has 0 fully saturated rings. The van der Waals surface area contributed by atoms with Crippen molar-refractivity contribution in [2.45, 2.75) is 27.7 Å². The van der Waals surface area contributed by atoms with Gasteiger partial charge in [0.25, 0.3) is 0 Å². The predicted molar refractivity (Wildman–Crippen MR) is 55.8 cm³/mol. The maximum absolute atomic E-state index is 11.5. The molecule has 0 spiro atoms. The molecule has 0 aromatic heterocycles. The molecule has 0 aromatic carbocycles. The molecular weight excluding hydrogens is 176 g/mol. The van der Waals surface area contributed by atoms with Crippen LogP contribution in [0.5, 0.6) is 0 Å². The van der Waals surface area contributed by atoms with E-state index in [1.807, 2.05) is 13.8 Å². The maximum Gasteiger partial charge on any atom is 0.134 e. The van der Waals surface area contributed by atoms with Gasteiger partial charge in [0.15, 0.2) is 0 Å². The van der Waals surface area contributed by atoms with Crippen LogP contribution in [0.25, 0.3) is 0 Å². The number of rotatable bonds is 2. The summed E-state index contributed by atoms with van der Waals surface area (Å²) in [6, 6.07) is 0. The highest BCUT2D eigenvalue weighted by atomic mass is 16.1. The van der Waals surface area contributed by atoms with Crippen molar-refractivity contribution in [3.05, 3.63) is 12.2 Å². The minimum atomic E-state index is -0.118. The Labute approximate surface area is 85.4 Å². The molecule has 0 radical (unpaired) electrons. The lowest BCUT2D eigenvalue weighted by Crippen LogP contribution is -2.37. The van der Waals surface area contributed by atoms with E-state index >= 15 is 0 Å². The van der Waals surface area contributed by atoms with Gasteiger partial charge in [-0.1, -0.05) is 26.0 Å². The Balaban J connectivity index is 3.02. The lowest BCUT2D eigenvalue weighted by molar-refractivity contribution is -0.133. The van der Waals surface area contributed by atoms with Crippen LogP contribution in [0.15, 0.2) is 12.2 Å². The number of hydrogen-bond acceptors (Lipinski definition) is 2. The fraction of sp³-hybridized carbons (Fsp3) is 0.667. The Morgan fingerprint density at radius 2 is 1.14 bits per heavy atom. The molecule has 0 N–H and O–H groups in total. The van der Waals surface area contributed by atoms with E-state index in [2.05, 4.69) is 12.2 Å². The number of Topliss-reactive ketones (excluding diaryl/α,β-unsaturated/α-hetero) is 2. The molecule has 2 heteroatoms. The maximum atomic E-state index is 11.5. The Kier molecular flexibility index (Phi) is 3.25. The number of carbonyl (C=O) groups is 2. The Bertz CT molecular complexity index is 250. The van der Waals surface area contributed by atoms with E-state index in [4.69, 9.17) is 0 Å². The van der Waals surface area contributed by atoms with Crippen LogP contribution < -0.4 is 0 Å². The van der Waals surface area contributed by atoms with Crippen molar-refractivity contribution in [3.63, 3.8) is 0 Å². The van der Waals surface area contributed by atoms with Crippen molar-refractivity contribution in [1.82, 2.24) is 0 Å². The van der Waals surface area contributed by atoms with Gasteiger partial charge in [-0.3, -0.25) is 9.59 Å². The molecule has 0 saturated heterocycles. The SMILES string of the molecule is CC(=O)C1C(C)C=CC(C)C1C(C)=O. The summed E-state index contributed by atoms with van der Waals surface area (Å²) in [4.78, 5) is 23.0. The highest BCUT2D eigenvalue weighted by Crippen LogP contribution is 2.35. The summed E-state index contributed by atoms with van der Waals surface area (Å²) in [6.45, 7) is 7.18. The van der Waals surface area contributed by atoms with Gasteiger partial charge < -0.3 is 0 Å². The summed E-state index contributed by atoms with van der Waals surface area (Å²) >= 11 is 0. The molecule has 1 rings (SSSR count). The van der Waals surface area contributed by atoms with Crippen LogP contribution in [0.1, 0.15) is 27.7 Å². The van der Waals surface area contributed by atoms with Crippen LogP contribution in [-0.4, -0.2) is 11.6 Å². The first-order chi connectivity index (χ1) is 6.45. The van der Waals surface area contributed by atoms with Crippen molar-refractivity contribution >= 4 is 11.6 Å². The van der Waals surface area contributed by atoms with Gasteiger partial charge >= 0.3 is 0 Å². The van der Waals surface area contributed by atoms with Crippen molar-refractivity contribution in [3.8, 4) is 0 Å². The third-order valence-corrected chi connectivity index (χ3v) is 3.18. The normalized spacial score (nSPS) is 36.9. The van der Waals surface area contributed by atoms with E-state index in [-0.39, 0.29) is 35.2 Å². The Hall–Kier alpha value is -0.920. The molecule has 0 heterocycles. The zero-order valence-electron chi connectivity index (χ0n) is 9.28. The predicted octanol–water partition coefficient (Wildman–Crippen LogP) is 2.24. The van der Waals surface area contributed by atoms with Crippen molar-refractivity contribution in [2.24, 2.45) is 23.7 Å². The van der Waals surface area contributed by atoms with Crippen LogP contribution in [0, 0.1) is 23.7 Å². The zero-order chi connectivity index (χ0) is 10.9. The molecule has 1 aliphatic rings. The van der Waals surface area contributed by atoms with E-state index < -0.39 is 0 Å². The van der Waals surface area contributed by atoms with Gasteiger partial charge in [-0.2, -0.15) is 0 Å². The molecule has 0 saturated carbocycles. The summed E-state index contributed by atoms with van der Waals surface area (Å²) in [5.74, 6) is 0.415. The number of hydrogen-bond donors (Lipinski definition) is 0. The molecule has 0 amide bonds. The van der Waals surface area contributed by atoms with Crippen LogP contribution in [0.2, 0.25) is 0 Å². The number of allylic oxidation sites excluding steroid dienone is 2. The van der Waals surface area contributed by atoms with E-state index in [0.29, 0.717) is 0 Å². The molecule has 1 aliphatic carbocycles. The lowest BCUT2D eigenvalue weighted by Gasteiger charge is -2.33. The summed E-state index contributed by atoms with van der Waals surface area (Å²) < 4.78 is 0. The second-order valence-corrected chi connectivity index (χ2v) is 4.38. The van der Waals surface area contributed by atoms with Crippen molar-refractivity contribution in [1.29, 1.82) is 0 Å². The van der Waals surface area contributed by atoms with Crippen molar-refractivity contribution in [2.75, 3.05) is 0 Å². The smallest absolute Gasteiger partial charge is 0.134 e. The molecule has 0 aliphatic heterocycles. The molecule has 78 valence electrons. The van der Waals surface area contributed by atoms with Gasteiger partial charge in [-0.05, 0) is 25.7 Å². The minimum Gasteiger partial charge on any atom is -0.300 e. The van der Waals surface area contributed by atoms with Crippen molar-refractivity contribution < 1.29 is 9.59 Å². The van der Waals surface area contributed by atoms with Gasteiger partial charge in [0.1, 0.15) is 11.6 Å². The van der Waals surface area contributed by atoms with Crippen LogP contribution in [0.4, 0.5) is 0 Å². The van der Waals surface area contributed by atoms with Gasteiger partial charge in [0.05, 0.1) is 0 Å². The quantitative estimate of drug-likeness (QED) is 0.632. The fourth-order valence-electron chi connectivity index (χ4n) is 2.49. The average Bonchev–Trinajstić information content (AvgIpc) is 2.07. The molecule has 2 nitrogen and oxygen atoms in total. The second-order valence-electron chi connectivity index (χ2n) is 4.38. The summed E-state index contributed by atoms with van der Waals surface area (Å²) in [7, 11) is 0. The first kappa shape index (κ1) is 11.2. The van der Waals surface area contributed by atoms with E-state index in [9.17, 15) is 9.59 Å². The van der Waals surface area contributed by atoms with Crippen LogP contribution >= 0.6 is 0 Å². The monoisotopic (exact) mass is 194 g/mol. The standard InChI is InChI=1S/C12H18O2/c1-7-5-6-8(2)12(10(4)14)11(7)9(3)13/h5-8,11-12H,1-4H3. The third-order valence-electron chi connectivity index (χ3n) is 3.18. The van der Waals surface area contributed by atoms with Crippen LogP contribution in [-0.2, 0) is 9.59 Å². The average molecular weight is 194 g/mol.